The second-order valence-corrected chi connectivity index (χ2v) is 10.1. The van der Waals surface area contributed by atoms with E-state index in [1.165, 1.54) is 25.7 Å². The minimum Gasteiger partial charge on any atom is -0.344 e. The molecule has 1 aromatic carbocycles. The molecule has 3 rings (SSSR count). The van der Waals surface area contributed by atoms with E-state index in [0.717, 1.165) is 37.2 Å². The van der Waals surface area contributed by atoms with Crippen LogP contribution in [0, 0.1) is 0 Å². The van der Waals surface area contributed by atoms with Crippen LogP contribution < -0.4 is 16.0 Å². The summed E-state index contributed by atoms with van der Waals surface area (Å²) in [5.74, 6) is -0.406. The monoisotopic (exact) mass is 485 g/mol. The molecule has 0 aromatic heterocycles. The van der Waals surface area contributed by atoms with Crippen LogP contribution in [0.1, 0.15) is 70.3 Å². The fourth-order valence-corrected chi connectivity index (χ4v) is 4.89. The van der Waals surface area contributed by atoms with E-state index in [9.17, 15) is 14.4 Å². The molecule has 0 spiro atoms. The van der Waals surface area contributed by atoms with Crippen LogP contribution in [-0.2, 0) is 14.4 Å². The van der Waals surface area contributed by atoms with Crippen LogP contribution in [0.4, 0.5) is 5.69 Å². The Morgan fingerprint density at radius 2 is 1.57 bits per heavy atom. The minimum atomic E-state index is -0.616. The van der Waals surface area contributed by atoms with Gasteiger partial charge < -0.3 is 25.8 Å². The van der Waals surface area contributed by atoms with Crippen molar-refractivity contribution in [2.45, 2.75) is 76.8 Å². The summed E-state index contributed by atoms with van der Waals surface area (Å²) >= 11 is 0. The standard InChI is InChI=1S/C27H43N5O3/c1-4-24(33)30-26(27(35)32-17-15-31(3)16-18-32)20(2)21-11-13-23(14-12-21)29-25(34)19-28-22-9-7-5-6-8-10-22/h11-14,20,22,26,28H,4-10,15-19H2,1-3H3,(H,29,34)(H,30,33)/t20-,26+/m0/s1. The maximum Gasteiger partial charge on any atom is 0.245 e. The molecular formula is C27H43N5O3. The van der Waals surface area contributed by atoms with E-state index in [2.05, 4.69) is 27.9 Å². The summed E-state index contributed by atoms with van der Waals surface area (Å²) in [6, 6.07) is 7.42. The number of carbonyl (C=O) groups excluding carboxylic acids is 3. The number of amides is 3. The van der Waals surface area contributed by atoms with Gasteiger partial charge in [0.05, 0.1) is 6.54 Å². The van der Waals surface area contributed by atoms with Crippen molar-refractivity contribution >= 4 is 23.4 Å². The molecule has 2 aliphatic rings. The van der Waals surface area contributed by atoms with E-state index in [1.807, 2.05) is 36.1 Å². The van der Waals surface area contributed by atoms with Crippen molar-refractivity contribution in [3.8, 4) is 0 Å². The summed E-state index contributed by atoms with van der Waals surface area (Å²) in [5.41, 5.74) is 1.68. The maximum atomic E-state index is 13.3. The summed E-state index contributed by atoms with van der Waals surface area (Å²) < 4.78 is 0. The lowest BCUT2D eigenvalue weighted by atomic mass is 9.91. The molecule has 8 nitrogen and oxygen atoms in total. The highest BCUT2D eigenvalue weighted by molar-refractivity contribution is 5.92. The van der Waals surface area contributed by atoms with Crippen LogP contribution in [0.25, 0.3) is 0 Å². The average molecular weight is 486 g/mol. The van der Waals surface area contributed by atoms with Crippen molar-refractivity contribution in [2.75, 3.05) is 45.1 Å². The Labute approximate surface area is 210 Å². The highest BCUT2D eigenvalue weighted by Gasteiger charge is 2.32. The number of rotatable bonds is 9. The molecule has 1 aliphatic carbocycles. The second-order valence-electron chi connectivity index (χ2n) is 10.1. The van der Waals surface area contributed by atoms with Crippen molar-refractivity contribution in [1.82, 2.24) is 20.4 Å². The first-order valence-corrected chi connectivity index (χ1v) is 13.3. The number of hydrogen-bond acceptors (Lipinski definition) is 5. The van der Waals surface area contributed by atoms with Gasteiger partial charge in [0.2, 0.25) is 17.7 Å². The Balaban J connectivity index is 1.58. The molecule has 3 amide bonds. The number of piperazine rings is 1. The molecule has 1 heterocycles. The van der Waals surface area contributed by atoms with Crippen LogP contribution in [0.5, 0.6) is 0 Å². The third-order valence-corrected chi connectivity index (χ3v) is 7.35. The van der Waals surface area contributed by atoms with Crippen molar-refractivity contribution < 1.29 is 14.4 Å². The van der Waals surface area contributed by atoms with Crippen molar-refractivity contribution in [3.63, 3.8) is 0 Å². The van der Waals surface area contributed by atoms with E-state index >= 15 is 0 Å². The van der Waals surface area contributed by atoms with Gasteiger partial charge in [0, 0.05) is 50.2 Å². The molecule has 2 atom stereocenters. The predicted molar refractivity (Wildman–Crippen MR) is 139 cm³/mol. The highest BCUT2D eigenvalue weighted by atomic mass is 16.2. The van der Waals surface area contributed by atoms with E-state index in [0.29, 0.717) is 32.1 Å². The van der Waals surface area contributed by atoms with E-state index in [-0.39, 0.29) is 23.6 Å². The summed E-state index contributed by atoms with van der Waals surface area (Å²) in [7, 11) is 2.05. The van der Waals surface area contributed by atoms with Gasteiger partial charge in [-0.25, -0.2) is 0 Å². The number of carbonyl (C=O) groups is 3. The quantitative estimate of drug-likeness (QED) is 0.468. The minimum absolute atomic E-state index is 0.0330. The molecule has 35 heavy (non-hydrogen) atoms. The van der Waals surface area contributed by atoms with Crippen molar-refractivity contribution in [1.29, 1.82) is 0 Å². The summed E-state index contributed by atoms with van der Waals surface area (Å²) in [6.07, 6.45) is 7.66. The molecule has 1 aromatic rings. The van der Waals surface area contributed by atoms with Crippen LogP contribution in [0.3, 0.4) is 0 Å². The molecule has 0 bridgehead atoms. The van der Waals surface area contributed by atoms with Gasteiger partial charge in [-0.1, -0.05) is 51.7 Å². The number of benzene rings is 1. The zero-order valence-corrected chi connectivity index (χ0v) is 21.6. The third-order valence-electron chi connectivity index (χ3n) is 7.35. The molecule has 1 saturated heterocycles. The molecule has 1 saturated carbocycles. The fourth-order valence-electron chi connectivity index (χ4n) is 4.89. The number of nitrogens with zero attached hydrogens (tertiary/aromatic N) is 2. The molecule has 2 fully saturated rings. The smallest absolute Gasteiger partial charge is 0.245 e. The average Bonchev–Trinajstić information content (AvgIpc) is 3.15. The van der Waals surface area contributed by atoms with Gasteiger partial charge in [0.1, 0.15) is 6.04 Å². The molecular weight excluding hydrogens is 442 g/mol. The zero-order chi connectivity index (χ0) is 25.2. The Bertz CT molecular complexity index is 828. The number of hydrogen-bond donors (Lipinski definition) is 3. The van der Waals surface area contributed by atoms with Crippen LogP contribution in [0.2, 0.25) is 0 Å². The van der Waals surface area contributed by atoms with Gasteiger partial charge in [-0.05, 0) is 37.6 Å². The van der Waals surface area contributed by atoms with Gasteiger partial charge >= 0.3 is 0 Å². The van der Waals surface area contributed by atoms with Crippen LogP contribution in [-0.4, -0.2) is 79.4 Å². The zero-order valence-electron chi connectivity index (χ0n) is 21.6. The largest absolute Gasteiger partial charge is 0.344 e. The summed E-state index contributed by atoms with van der Waals surface area (Å²) in [4.78, 5) is 42.0. The molecule has 1 aliphatic heterocycles. The summed E-state index contributed by atoms with van der Waals surface area (Å²) in [5, 5.41) is 9.31. The Kier molecular flexibility index (Phi) is 10.5. The Hall–Kier alpha value is -2.45. The predicted octanol–water partition coefficient (Wildman–Crippen LogP) is 2.71. The topological polar surface area (TPSA) is 93.8 Å². The second kappa shape index (κ2) is 13.6. The Morgan fingerprint density at radius 3 is 2.17 bits per heavy atom. The molecule has 8 heteroatoms. The molecule has 0 radical (unpaired) electrons. The molecule has 3 N–H and O–H groups in total. The van der Waals surface area contributed by atoms with Gasteiger partial charge in [-0.3, -0.25) is 14.4 Å². The lowest BCUT2D eigenvalue weighted by molar-refractivity contribution is -0.138. The summed E-state index contributed by atoms with van der Waals surface area (Å²) in [6.45, 7) is 7.07. The number of likely N-dealkylation sites (N-methyl/N-ethyl adjacent to an activating group) is 1. The fraction of sp³-hybridized carbons (Fsp3) is 0.667. The van der Waals surface area contributed by atoms with E-state index < -0.39 is 6.04 Å². The maximum absolute atomic E-state index is 13.3. The van der Waals surface area contributed by atoms with Crippen molar-refractivity contribution in [2.24, 2.45) is 0 Å². The number of nitrogens with one attached hydrogen (secondary N) is 3. The SMILES string of the molecule is CCC(=O)N[C@@H](C(=O)N1CCN(C)CC1)[C@@H](C)c1ccc(NC(=O)CNC2CCCCCC2)cc1. The van der Waals surface area contributed by atoms with Gasteiger partial charge in [-0.15, -0.1) is 0 Å². The first-order chi connectivity index (χ1) is 16.9. The highest BCUT2D eigenvalue weighted by Crippen LogP contribution is 2.23. The van der Waals surface area contributed by atoms with Crippen LogP contribution >= 0.6 is 0 Å². The van der Waals surface area contributed by atoms with E-state index in [1.54, 1.807) is 6.92 Å². The first-order valence-electron chi connectivity index (χ1n) is 13.3. The molecule has 194 valence electrons. The lowest BCUT2D eigenvalue weighted by Gasteiger charge is -2.36. The number of anilines is 1. The van der Waals surface area contributed by atoms with Gasteiger partial charge in [0.25, 0.3) is 0 Å². The third kappa shape index (κ3) is 8.32. The first kappa shape index (κ1) is 27.1. The van der Waals surface area contributed by atoms with Gasteiger partial charge in [-0.2, -0.15) is 0 Å². The van der Waals surface area contributed by atoms with Crippen molar-refractivity contribution in [3.05, 3.63) is 29.8 Å². The van der Waals surface area contributed by atoms with E-state index in [4.69, 9.17) is 0 Å². The van der Waals surface area contributed by atoms with Gasteiger partial charge in [0.15, 0.2) is 0 Å². The van der Waals surface area contributed by atoms with Crippen LogP contribution in [0.15, 0.2) is 24.3 Å². The Morgan fingerprint density at radius 1 is 0.943 bits per heavy atom. The normalized spacial score (nSPS) is 19.5. The lowest BCUT2D eigenvalue weighted by Crippen LogP contribution is -2.55. The molecule has 0 unspecified atom stereocenters.